The van der Waals surface area contributed by atoms with Crippen molar-refractivity contribution in [1.82, 2.24) is 9.55 Å². The van der Waals surface area contributed by atoms with Crippen LogP contribution < -0.4 is 15.0 Å². The average molecular weight is 564 g/mol. The Kier molecular flexibility index (Phi) is 6.57. The maximum Gasteiger partial charge on any atom is 0.274 e. The first kappa shape index (κ1) is 26.3. The Bertz CT molecular complexity index is 2010. The number of nitrogens with one attached hydrogen (secondary N) is 2. The number of aromatic nitrogens is 2. The Morgan fingerprint density at radius 2 is 1.64 bits per heavy atom. The van der Waals surface area contributed by atoms with Gasteiger partial charge in [0.2, 0.25) is 0 Å². The summed E-state index contributed by atoms with van der Waals surface area (Å²) in [4.78, 5) is 15.8. The monoisotopic (exact) mass is 563 g/mol. The van der Waals surface area contributed by atoms with Gasteiger partial charge in [0.15, 0.2) is 9.84 Å². The SMILES string of the molecule is Cc1cccc(S(=O)(=O)Nc2cccc(Oc3ccc(S(C)(=O)=O)cc3-c3cn(C)c(=O)c4[nH]ccc34)c2)c1. The maximum atomic E-state index is 12.9. The molecule has 0 bridgehead atoms. The molecule has 0 aliphatic heterocycles. The van der Waals surface area contributed by atoms with Crippen LogP contribution in [0, 0.1) is 6.92 Å². The molecular formula is C28H25N3O6S2. The van der Waals surface area contributed by atoms with Gasteiger partial charge in [0.05, 0.1) is 15.5 Å². The van der Waals surface area contributed by atoms with E-state index in [1.807, 2.05) is 13.0 Å². The summed E-state index contributed by atoms with van der Waals surface area (Å²) in [6.45, 7) is 1.81. The number of H-pyrrole nitrogens is 1. The first-order valence-electron chi connectivity index (χ1n) is 11.8. The predicted molar refractivity (Wildman–Crippen MR) is 151 cm³/mol. The quantitative estimate of drug-likeness (QED) is 0.292. The number of benzene rings is 3. The first-order chi connectivity index (χ1) is 18.4. The van der Waals surface area contributed by atoms with Gasteiger partial charge in [-0.15, -0.1) is 0 Å². The summed E-state index contributed by atoms with van der Waals surface area (Å²) in [5.74, 6) is 0.644. The number of pyridine rings is 1. The van der Waals surface area contributed by atoms with E-state index in [1.165, 1.54) is 28.8 Å². The number of anilines is 1. The molecule has 2 N–H and O–H groups in total. The molecule has 5 rings (SSSR count). The fourth-order valence-corrected chi connectivity index (χ4v) is 6.07. The highest BCUT2D eigenvalue weighted by Crippen LogP contribution is 2.38. The molecule has 11 heteroatoms. The van der Waals surface area contributed by atoms with Crippen LogP contribution in [0.3, 0.4) is 0 Å². The lowest BCUT2D eigenvalue weighted by Gasteiger charge is -2.15. The largest absolute Gasteiger partial charge is 0.457 e. The number of hydrogen-bond acceptors (Lipinski definition) is 6. The summed E-state index contributed by atoms with van der Waals surface area (Å²) in [5, 5.41) is 0.605. The van der Waals surface area contributed by atoms with Crippen LogP contribution in [-0.2, 0) is 26.9 Å². The van der Waals surface area contributed by atoms with Crippen LogP contribution in [0.5, 0.6) is 11.5 Å². The molecule has 2 aromatic heterocycles. The van der Waals surface area contributed by atoms with E-state index >= 15 is 0 Å². The third-order valence-corrected chi connectivity index (χ3v) is 8.67. The van der Waals surface area contributed by atoms with Crippen molar-refractivity contribution in [3.05, 3.63) is 101 Å². The second-order valence-electron chi connectivity index (χ2n) is 9.21. The molecule has 0 saturated carbocycles. The highest BCUT2D eigenvalue weighted by Gasteiger charge is 2.19. The van der Waals surface area contributed by atoms with Crippen molar-refractivity contribution in [2.45, 2.75) is 16.7 Å². The molecule has 3 aromatic carbocycles. The molecule has 0 atom stereocenters. The Hall–Kier alpha value is -4.35. The van der Waals surface area contributed by atoms with Gasteiger partial charge in [-0.3, -0.25) is 9.52 Å². The van der Waals surface area contributed by atoms with Gasteiger partial charge in [0.1, 0.15) is 17.0 Å². The van der Waals surface area contributed by atoms with Crippen LogP contribution >= 0.6 is 0 Å². The molecule has 0 radical (unpaired) electrons. The lowest BCUT2D eigenvalue weighted by Crippen LogP contribution is -2.16. The lowest BCUT2D eigenvalue weighted by atomic mass is 10.0. The molecule has 5 aromatic rings. The van der Waals surface area contributed by atoms with E-state index in [1.54, 1.807) is 61.9 Å². The Labute approximate surface area is 225 Å². The van der Waals surface area contributed by atoms with Gasteiger partial charge in [0.25, 0.3) is 15.6 Å². The van der Waals surface area contributed by atoms with Crippen LogP contribution in [0.1, 0.15) is 5.56 Å². The molecule has 39 heavy (non-hydrogen) atoms. The standard InChI is InChI=1S/C28H25N3O6S2/c1-18-6-4-9-22(14-18)39(35,36)30-19-7-5-8-20(15-19)37-26-11-10-21(38(3,33)34)16-24(26)25-17-31(2)28(32)27-23(25)12-13-29-27/h4-17,29-30H,1-3H3. The van der Waals surface area contributed by atoms with E-state index in [4.69, 9.17) is 4.74 Å². The second-order valence-corrected chi connectivity index (χ2v) is 12.9. The second kappa shape index (κ2) is 9.75. The minimum atomic E-state index is -3.83. The molecule has 0 amide bonds. The van der Waals surface area contributed by atoms with E-state index in [-0.39, 0.29) is 15.4 Å². The van der Waals surface area contributed by atoms with Gasteiger partial charge >= 0.3 is 0 Å². The molecule has 200 valence electrons. The van der Waals surface area contributed by atoms with E-state index in [0.29, 0.717) is 39.2 Å². The summed E-state index contributed by atoms with van der Waals surface area (Å²) in [7, 11) is -5.77. The van der Waals surface area contributed by atoms with Crippen LogP contribution in [0.2, 0.25) is 0 Å². The van der Waals surface area contributed by atoms with Crippen molar-refractivity contribution in [2.75, 3.05) is 11.0 Å². The average Bonchev–Trinajstić information content (AvgIpc) is 3.36. The molecule has 2 heterocycles. The van der Waals surface area contributed by atoms with Gasteiger partial charge in [-0.05, 0) is 61.0 Å². The van der Waals surface area contributed by atoms with Crippen molar-refractivity contribution in [3.8, 4) is 22.6 Å². The topological polar surface area (TPSA) is 127 Å². The van der Waals surface area contributed by atoms with Gasteiger partial charge in [-0.1, -0.05) is 18.2 Å². The zero-order valence-electron chi connectivity index (χ0n) is 21.3. The Morgan fingerprint density at radius 3 is 2.38 bits per heavy atom. The summed E-state index contributed by atoms with van der Waals surface area (Å²) < 4.78 is 60.7. The molecule has 9 nitrogen and oxygen atoms in total. The molecule has 0 saturated heterocycles. The number of sulfone groups is 1. The summed E-state index contributed by atoms with van der Waals surface area (Å²) in [5.41, 5.74) is 2.29. The van der Waals surface area contributed by atoms with Crippen LogP contribution in [0.15, 0.2) is 99.8 Å². The smallest absolute Gasteiger partial charge is 0.274 e. The molecule has 0 fully saturated rings. The molecule has 0 aliphatic rings. The van der Waals surface area contributed by atoms with E-state index in [0.717, 1.165) is 11.8 Å². The number of sulfonamides is 1. The summed E-state index contributed by atoms with van der Waals surface area (Å²) in [6, 6.07) is 19.2. The number of rotatable bonds is 7. The molecule has 0 aliphatic carbocycles. The summed E-state index contributed by atoms with van der Waals surface area (Å²) in [6.07, 6.45) is 4.38. The number of ether oxygens (including phenoxy) is 1. The number of aryl methyl sites for hydroxylation is 2. The maximum absolute atomic E-state index is 12.9. The van der Waals surface area contributed by atoms with Gasteiger partial charge in [-0.2, -0.15) is 0 Å². The van der Waals surface area contributed by atoms with Gasteiger partial charge < -0.3 is 14.3 Å². The molecule has 0 unspecified atom stereocenters. The molecular weight excluding hydrogens is 538 g/mol. The van der Waals surface area contributed by atoms with Crippen molar-refractivity contribution in [3.63, 3.8) is 0 Å². The minimum absolute atomic E-state index is 0.0852. The predicted octanol–water partition coefficient (Wildman–Crippen LogP) is 4.84. The number of fused-ring (bicyclic) bond motifs is 1. The number of nitrogens with zero attached hydrogens (tertiary/aromatic N) is 1. The zero-order chi connectivity index (χ0) is 27.9. The Balaban J connectivity index is 1.57. The fraction of sp³-hybridized carbons (Fsp3) is 0.107. The number of aromatic amines is 1. The third-order valence-electron chi connectivity index (χ3n) is 6.18. The van der Waals surface area contributed by atoms with Crippen LogP contribution in [0.4, 0.5) is 5.69 Å². The number of hydrogen-bond donors (Lipinski definition) is 2. The normalized spacial score (nSPS) is 12.0. The summed E-state index contributed by atoms with van der Waals surface area (Å²) >= 11 is 0. The Morgan fingerprint density at radius 1 is 0.872 bits per heavy atom. The first-order valence-corrected chi connectivity index (χ1v) is 15.2. The third kappa shape index (κ3) is 5.31. The fourth-order valence-electron chi connectivity index (χ4n) is 4.27. The van der Waals surface area contributed by atoms with Crippen LogP contribution in [0.25, 0.3) is 22.0 Å². The van der Waals surface area contributed by atoms with Gasteiger partial charge in [0, 0.05) is 48.3 Å². The highest BCUT2D eigenvalue weighted by atomic mass is 32.2. The van der Waals surface area contributed by atoms with Crippen molar-refractivity contribution in [2.24, 2.45) is 7.05 Å². The highest BCUT2D eigenvalue weighted by molar-refractivity contribution is 7.92. The van der Waals surface area contributed by atoms with Crippen LogP contribution in [-0.4, -0.2) is 32.6 Å². The zero-order valence-corrected chi connectivity index (χ0v) is 22.9. The molecule has 0 spiro atoms. The van der Waals surface area contributed by atoms with E-state index in [2.05, 4.69) is 9.71 Å². The lowest BCUT2D eigenvalue weighted by molar-refractivity contribution is 0.484. The van der Waals surface area contributed by atoms with Crippen molar-refractivity contribution < 1.29 is 21.6 Å². The van der Waals surface area contributed by atoms with Crippen molar-refractivity contribution in [1.29, 1.82) is 0 Å². The van der Waals surface area contributed by atoms with E-state index < -0.39 is 19.9 Å². The van der Waals surface area contributed by atoms with E-state index in [9.17, 15) is 21.6 Å². The van der Waals surface area contributed by atoms with Gasteiger partial charge in [-0.25, -0.2) is 16.8 Å². The van der Waals surface area contributed by atoms with Crippen molar-refractivity contribution >= 4 is 36.5 Å². The minimum Gasteiger partial charge on any atom is -0.457 e.